The minimum Gasteiger partial charge on any atom is -0.495 e. The number of anilines is 2. The predicted octanol–water partition coefficient (Wildman–Crippen LogP) is 4.94. The summed E-state index contributed by atoms with van der Waals surface area (Å²) in [5.41, 5.74) is 0.975. The van der Waals surface area contributed by atoms with Gasteiger partial charge in [0.2, 0.25) is 0 Å². The van der Waals surface area contributed by atoms with Crippen LogP contribution in [0.5, 0.6) is 5.75 Å². The smallest absolute Gasteiger partial charge is 0.148 e. The van der Waals surface area contributed by atoms with Crippen molar-refractivity contribution in [3.05, 3.63) is 52.0 Å². The van der Waals surface area contributed by atoms with Crippen LogP contribution in [0, 0.1) is 5.82 Å². The van der Waals surface area contributed by atoms with E-state index in [4.69, 9.17) is 16.3 Å². The number of nitrogens with zero attached hydrogens (tertiary/aromatic N) is 2. The molecule has 22 heavy (non-hydrogen) atoms. The highest BCUT2D eigenvalue weighted by molar-refractivity contribution is 9.10. The molecule has 112 valence electrons. The van der Waals surface area contributed by atoms with Gasteiger partial charge < -0.3 is 10.1 Å². The average molecular weight is 383 g/mol. The molecule has 1 aromatic heterocycles. The fraction of sp³-hybridized carbons (Fsp3) is 0.0667. The molecule has 0 saturated heterocycles. The van der Waals surface area contributed by atoms with Crippen molar-refractivity contribution in [2.45, 2.75) is 0 Å². The molecule has 7 heteroatoms. The Labute approximate surface area is 139 Å². The van der Waals surface area contributed by atoms with E-state index in [1.807, 2.05) is 6.07 Å². The number of hydrogen-bond acceptors (Lipinski definition) is 4. The van der Waals surface area contributed by atoms with Crippen LogP contribution in [0.15, 0.2) is 41.1 Å². The second kappa shape index (κ2) is 6.06. The number of methoxy groups -OCH3 is 1. The molecule has 0 saturated carbocycles. The van der Waals surface area contributed by atoms with E-state index < -0.39 is 5.82 Å². The fourth-order valence-corrected chi connectivity index (χ4v) is 2.70. The SMILES string of the molecule is COc1cc2ncnc(Nc3ccc(Cl)cc3F)c2cc1Br. The number of halogens is 3. The van der Waals surface area contributed by atoms with Gasteiger partial charge in [-0.2, -0.15) is 0 Å². The largest absolute Gasteiger partial charge is 0.495 e. The summed E-state index contributed by atoms with van der Waals surface area (Å²) in [6.07, 6.45) is 1.41. The maximum Gasteiger partial charge on any atom is 0.148 e. The average Bonchev–Trinajstić information content (AvgIpc) is 2.50. The summed E-state index contributed by atoms with van der Waals surface area (Å²) in [6.45, 7) is 0. The Hall–Kier alpha value is -1.92. The Morgan fingerprint density at radius 2 is 2.05 bits per heavy atom. The summed E-state index contributed by atoms with van der Waals surface area (Å²) in [5.74, 6) is 0.705. The lowest BCUT2D eigenvalue weighted by Crippen LogP contribution is -1.98. The zero-order valence-electron chi connectivity index (χ0n) is 11.4. The standard InChI is InChI=1S/C15H10BrClFN3O/c1-22-14-6-13-9(5-10(14)16)15(20-7-19-13)21-12-3-2-8(17)4-11(12)18/h2-7H,1H3,(H,19,20,21). The molecule has 0 spiro atoms. The van der Waals surface area contributed by atoms with E-state index in [2.05, 4.69) is 31.2 Å². The van der Waals surface area contributed by atoms with E-state index in [1.165, 1.54) is 12.4 Å². The zero-order valence-corrected chi connectivity index (χ0v) is 13.7. The topological polar surface area (TPSA) is 47.0 Å². The molecule has 0 unspecified atom stereocenters. The predicted molar refractivity (Wildman–Crippen MR) is 88.5 cm³/mol. The summed E-state index contributed by atoms with van der Waals surface area (Å²) >= 11 is 9.18. The summed E-state index contributed by atoms with van der Waals surface area (Å²) in [5, 5.41) is 4.04. The zero-order chi connectivity index (χ0) is 15.7. The van der Waals surface area contributed by atoms with Crippen LogP contribution in [0.1, 0.15) is 0 Å². The van der Waals surface area contributed by atoms with Crippen LogP contribution in [0.3, 0.4) is 0 Å². The minimum atomic E-state index is -0.452. The first kappa shape index (κ1) is 15.0. The van der Waals surface area contributed by atoms with Crippen LogP contribution in [-0.2, 0) is 0 Å². The number of rotatable bonds is 3. The molecule has 0 amide bonds. The van der Waals surface area contributed by atoms with Crippen LogP contribution in [0.2, 0.25) is 5.02 Å². The molecule has 0 atom stereocenters. The van der Waals surface area contributed by atoms with E-state index in [9.17, 15) is 4.39 Å². The molecule has 0 fully saturated rings. The Balaban J connectivity index is 2.09. The Morgan fingerprint density at radius 3 is 2.77 bits per heavy atom. The van der Waals surface area contributed by atoms with Gasteiger partial charge in [-0.3, -0.25) is 0 Å². The third-order valence-electron chi connectivity index (χ3n) is 3.09. The number of benzene rings is 2. The lowest BCUT2D eigenvalue weighted by Gasteiger charge is -2.11. The summed E-state index contributed by atoms with van der Waals surface area (Å²) in [6, 6.07) is 8.01. The van der Waals surface area contributed by atoms with Gasteiger partial charge in [-0.05, 0) is 40.2 Å². The number of aromatic nitrogens is 2. The fourth-order valence-electron chi connectivity index (χ4n) is 2.03. The van der Waals surface area contributed by atoms with E-state index in [0.717, 1.165) is 9.86 Å². The van der Waals surface area contributed by atoms with Gasteiger partial charge in [-0.1, -0.05) is 11.6 Å². The van der Waals surface area contributed by atoms with Gasteiger partial charge in [0, 0.05) is 16.5 Å². The minimum absolute atomic E-state index is 0.288. The molecule has 0 radical (unpaired) electrons. The van der Waals surface area contributed by atoms with E-state index >= 15 is 0 Å². The quantitative estimate of drug-likeness (QED) is 0.697. The highest BCUT2D eigenvalue weighted by Crippen LogP contribution is 2.33. The first-order valence-electron chi connectivity index (χ1n) is 6.29. The monoisotopic (exact) mass is 381 g/mol. The molecule has 3 rings (SSSR count). The third kappa shape index (κ3) is 2.84. The summed E-state index contributed by atoms with van der Waals surface area (Å²) in [4.78, 5) is 8.38. The Bertz CT molecular complexity index is 860. The maximum atomic E-state index is 13.9. The van der Waals surface area contributed by atoms with Gasteiger partial charge in [-0.25, -0.2) is 14.4 Å². The highest BCUT2D eigenvalue weighted by Gasteiger charge is 2.11. The van der Waals surface area contributed by atoms with Crippen molar-refractivity contribution >= 4 is 49.9 Å². The van der Waals surface area contributed by atoms with Crippen molar-refractivity contribution in [3.8, 4) is 5.75 Å². The number of ether oxygens (including phenoxy) is 1. The van der Waals surface area contributed by atoms with Crippen LogP contribution in [-0.4, -0.2) is 17.1 Å². The van der Waals surface area contributed by atoms with Gasteiger partial charge >= 0.3 is 0 Å². The normalized spacial score (nSPS) is 10.7. The second-order valence-electron chi connectivity index (χ2n) is 4.48. The van der Waals surface area contributed by atoms with E-state index in [1.54, 1.807) is 25.3 Å². The van der Waals surface area contributed by atoms with Crippen molar-refractivity contribution in [1.29, 1.82) is 0 Å². The Kier molecular flexibility index (Phi) is 4.13. The van der Waals surface area contributed by atoms with Gasteiger partial charge in [0.25, 0.3) is 0 Å². The Morgan fingerprint density at radius 1 is 1.23 bits per heavy atom. The first-order valence-corrected chi connectivity index (χ1v) is 7.46. The second-order valence-corrected chi connectivity index (χ2v) is 5.77. The van der Waals surface area contributed by atoms with Crippen molar-refractivity contribution < 1.29 is 9.13 Å². The highest BCUT2D eigenvalue weighted by atomic mass is 79.9. The number of hydrogen-bond donors (Lipinski definition) is 1. The molecule has 1 N–H and O–H groups in total. The lowest BCUT2D eigenvalue weighted by atomic mass is 10.2. The lowest BCUT2D eigenvalue weighted by molar-refractivity contribution is 0.412. The van der Waals surface area contributed by atoms with Crippen LogP contribution in [0.4, 0.5) is 15.9 Å². The molecule has 0 aliphatic carbocycles. The van der Waals surface area contributed by atoms with Crippen LogP contribution < -0.4 is 10.1 Å². The van der Waals surface area contributed by atoms with Gasteiger partial charge in [-0.15, -0.1) is 0 Å². The molecule has 1 heterocycles. The van der Waals surface area contributed by atoms with Crippen molar-refractivity contribution in [2.24, 2.45) is 0 Å². The van der Waals surface area contributed by atoms with Gasteiger partial charge in [0.05, 0.1) is 22.8 Å². The summed E-state index contributed by atoms with van der Waals surface area (Å²) < 4.78 is 19.9. The molecule has 0 aliphatic heterocycles. The number of nitrogens with one attached hydrogen (secondary N) is 1. The molecule has 0 aliphatic rings. The molecule has 3 aromatic rings. The maximum absolute atomic E-state index is 13.9. The molecular weight excluding hydrogens is 373 g/mol. The molecule has 4 nitrogen and oxygen atoms in total. The van der Waals surface area contributed by atoms with Gasteiger partial charge in [0.15, 0.2) is 0 Å². The first-order chi connectivity index (χ1) is 10.6. The number of fused-ring (bicyclic) bond motifs is 1. The van der Waals surface area contributed by atoms with Crippen molar-refractivity contribution in [2.75, 3.05) is 12.4 Å². The van der Waals surface area contributed by atoms with E-state index in [0.29, 0.717) is 22.1 Å². The molecular formula is C15H10BrClFN3O. The molecule has 2 aromatic carbocycles. The molecule has 0 bridgehead atoms. The van der Waals surface area contributed by atoms with Crippen LogP contribution >= 0.6 is 27.5 Å². The van der Waals surface area contributed by atoms with Crippen LogP contribution in [0.25, 0.3) is 10.9 Å². The van der Waals surface area contributed by atoms with Crippen molar-refractivity contribution in [3.63, 3.8) is 0 Å². The van der Waals surface area contributed by atoms with E-state index in [-0.39, 0.29) is 5.69 Å². The van der Waals surface area contributed by atoms with Crippen molar-refractivity contribution in [1.82, 2.24) is 9.97 Å². The third-order valence-corrected chi connectivity index (χ3v) is 3.95. The van der Waals surface area contributed by atoms with Gasteiger partial charge in [0.1, 0.15) is 23.7 Å². The summed E-state index contributed by atoms with van der Waals surface area (Å²) in [7, 11) is 1.58.